The molecule has 0 saturated carbocycles. The van der Waals surface area contributed by atoms with E-state index in [0.717, 1.165) is 4.31 Å². The van der Waals surface area contributed by atoms with E-state index in [1.165, 1.54) is 40.7 Å². The Labute approximate surface area is 162 Å². The Morgan fingerprint density at radius 2 is 1.75 bits per heavy atom. The summed E-state index contributed by atoms with van der Waals surface area (Å²) in [5.41, 5.74) is 1.38. The molecule has 0 spiro atoms. The number of nitrogens with zero attached hydrogens (tertiary/aromatic N) is 2. The van der Waals surface area contributed by atoms with Gasteiger partial charge in [0.25, 0.3) is 10.2 Å². The van der Waals surface area contributed by atoms with Crippen LogP contribution in [0.4, 0.5) is 14.5 Å². The zero-order valence-electron chi connectivity index (χ0n) is 15.4. The molecule has 0 aromatic heterocycles. The van der Waals surface area contributed by atoms with Crippen LogP contribution in [0.1, 0.15) is 17.5 Å². The van der Waals surface area contributed by atoms with Gasteiger partial charge in [-0.05, 0) is 48.7 Å². The smallest absolute Gasteiger partial charge is 0.282 e. The molecule has 150 valence electrons. The van der Waals surface area contributed by atoms with Crippen molar-refractivity contribution in [3.8, 4) is 0 Å². The molecule has 9 heteroatoms. The monoisotopic (exact) mass is 409 g/mol. The Hall–Kier alpha value is -2.36. The van der Waals surface area contributed by atoms with E-state index in [1.807, 2.05) is 0 Å². The first-order chi connectivity index (χ1) is 13.3. The molecule has 3 rings (SSSR count). The summed E-state index contributed by atoms with van der Waals surface area (Å²) in [4.78, 5) is 12.3. The van der Waals surface area contributed by atoms with Crippen LogP contribution in [0.5, 0.6) is 0 Å². The summed E-state index contributed by atoms with van der Waals surface area (Å²) in [5, 5.41) is 2.52. The Morgan fingerprint density at radius 1 is 1.07 bits per heavy atom. The first kappa shape index (κ1) is 20.4. The number of anilines is 1. The molecule has 0 unspecified atom stereocenters. The van der Waals surface area contributed by atoms with E-state index < -0.39 is 27.8 Å². The fraction of sp³-hybridized carbons (Fsp3) is 0.316. The summed E-state index contributed by atoms with van der Waals surface area (Å²) in [7, 11) is -3.84. The average molecular weight is 409 g/mol. The number of benzene rings is 2. The van der Waals surface area contributed by atoms with Crippen molar-refractivity contribution in [1.29, 1.82) is 0 Å². The Morgan fingerprint density at radius 3 is 2.43 bits per heavy atom. The van der Waals surface area contributed by atoms with Crippen molar-refractivity contribution >= 4 is 21.8 Å². The van der Waals surface area contributed by atoms with Crippen molar-refractivity contribution < 1.29 is 22.0 Å². The molecule has 2 aromatic rings. The van der Waals surface area contributed by atoms with Gasteiger partial charge >= 0.3 is 0 Å². The first-order valence-electron chi connectivity index (χ1n) is 8.81. The Balaban J connectivity index is 1.66. The minimum absolute atomic E-state index is 0.101. The Bertz CT molecular complexity index is 965. The molecule has 1 amide bonds. The lowest BCUT2D eigenvalue weighted by atomic mass is 10.2. The lowest BCUT2D eigenvalue weighted by molar-refractivity contribution is -0.116. The molecule has 2 aromatic carbocycles. The molecule has 1 saturated heterocycles. The van der Waals surface area contributed by atoms with E-state index in [9.17, 15) is 22.0 Å². The van der Waals surface area contributed by atoms with Crippen LogP contribution in [-0.4, -0.2) is 42.6 Å². The number of carbonyl (C=O) groups is 1. The third kappa shape index (κ3) is 4.73. The predicted octanol–water partition coefficient (Wildman–Crippen LogP) is 2.66. The van der Waals surface area contributed by atoms with Gasteiger partial charge in [-0.2, -0.15) is 17.0 Å². The molecule has 0 radical (unpaired) electrons. The molecular formula is C19H21F2N3O3S. The van der Waals surface area contributed by atoms with E-state index in [-0.39, 0.29) is 25.3 Å². The van der Waals surface area contributed by atoms with E-state index in [1.54, 1.807) is 13.0 Å². The van der Waals surface area contributed by atoms with Crippen LogP contribution in [0.2, 0.25) is 0 Å². The van der Waals surface area contributed by atoms with E-state index in [4.69, 9.17) is 0 Å². The second kappa shape index (κ2) is 8.34. The number of hydrogen-bond donors (Lipinski definition) is 1. The van der Waals surface area contributed by atoms with Gasteiger partial charge < -0.3 is 5.32 Å². The zero-order valence-corrected chi connectivity index (χ0v) is 16.2. The van der Waals surface area contributed by atoms with Crippen molar-refractivity contribution in [1.82, 2.24) is 8.61 Å². The van der Waals surface area contributed by atoms with Crippen molar-refractivity contribution in [3.05, 3.63) is 65.2 Å². The predicted molar refractivity (Wildman–Crippen MR) is 102 cm³/mol. The number of nitrogens with one attached hydrogen (secondary N) is 1. The molecule has 6 nitrogen and oxygen atoms in total. The fourth-order valence-electron chi connectivity index (χ4n) is 2.96. The van der Waals surface area contributed by atoms with Crippen molar-refractivity contribution in [3.63, 3.8) is 0 Å². The van der Waals surface area contributed by atoms with Crippen LogP contribution in [-0.2, 0) is 21.5 Å². The third-order valence-electron chi connectivity index (χ3n) is 4.52. The number of aryl methyl sites for hydroxylation is 1. The van der Waals surface area contributed by atoms with Crippen molar-refractivity contribution in [2.24, 2.45) is 0 Å². The van der Waals surface area contributed by atoms with E-state index >= 15 is 0 Å². The van der Waals surface area contributed by atoms with E-state index in [0.29, 0.717) is 24.1 Å². The number of rotatable bonds is 5. The summed E-state index contributed by atoms with van der Waals surface area (Å²) in [5.74, 6) is -1.39. The average Bonchev–Trinajstić information content (AvgIpc) is 2.63. The van der Waals surface area contributed by atoms with Gasteiger partial charge in [-0.15, -0.1) is 0 Å². The molecule has 1 heterocycles. The minimum atomic E-state index is -3.84. The molecule has 0 aliphatic carbocycles. The fourth-order valence-corrected chi connectivity index (χ4v) is 4.60. The number of carbonyl (C=O) groups excluding carboxylic acids is 1. The summed E-state index contributed by atoms with van der Waals surface area (Å²) < 4.78 is 54.6. The van der Waals surface area contributed by atoms with Crippen LogP contribution in [0.25, 0.3) is 0 Å². The molecule has 0 bridgehead atoms. The molecule has 1 N–H and O–H groups in total. The van der Waals surface area contributed by atoms with E-state index in [2.05, 4.69) is 5.32 Å². The Kier molecular flexibility index (Phi) is 6.07. The minimum Gasteiger partial charge on any atom is -0.325 e. The lowest BCUT2D eigenvalue weighted by Crippen LogP contribution is -2.51. The van der Waals surface area contributed by atoms with Gasteiger partial charge in [-0.1, -0.05) is 18.2 Å². The number of halogens is 2. The quantitative estimate of drug-likeness (QED) is 0.826. The summed E-state index contributed by atoms with van der Waals surface area (Å²) in [6.07, 6.45) is 0.562. The molecule has 28 heavy (non-hydrogen) atoms. The van der Waals surface area contributed by atoms with Gasteiger partial charge in [-0.3, -0.25) is 4.79 Å². The highest BCUT2D eigenvalue weighted by Crippen LogP contribution is 2.20. The van der Waals surface area contributed by atoms with Crippen molar-refractivity contribution in [2.75, 3.05) is 25.0 Å². The number of hydrogen-bond acceptors (Lipinski definition) is 3. The second-order valence-corrected chi connectivity index (χ2v) is 8.60. The van der Waals surface area contributed by atoms with Gasteiger partial charge in [0, 0.05) is 25.3 Å². The topological polar surface area (TPSA) is 69.7 Å². The zero-order chi connectivity index (χ0) is 20.3. The van der Waals surface area contributed by atoms with Gasteiger partial charge in [0.2, 0.25) is 5.91 Å². The summed E-state index contributed by atoms with van der Waals surface area (Å²) in [6.45, 7) is 1.89. The van der Waals surface area contributed by atoms with Crippen LogP contribution in [0.15, 0.2) is 42.5 Å². The molecule has 0 atom stereocenters. The van der Waals surface area contributed by atoms with Crippen LogP contribution < -0.4 is 5.32 Å². The maximum atomic E-state index is 13.6. The maximum Gasteiger partial charge on any atom is 0.282 e. The highest BCUT2D eigenvalue weighted by molar-refractivity contribution is 7.86. The van der Waals surface area contributed by atoms with Gasteiger partial charge in [0.15, 0.2) is 0 Å². The summed E-state index contributed by atoms with van der Waals surface area (Å²) >= 11 is 0. The second-order valence-electron chi connectivity index (χ2n) is 6.67. The largest absolute Gasteiger partial charge is 0.325 e. The molecular weight excluding hydrogens is 388 g/mol. The normalized spacial score (nSPS) is 17.4. The summed E-state index contributed by atoms with van der Waals surface area (Å²) in [6, 6.07) is 9.90. The maximum absolute atomic E-state index is 13.6. The highest BCUT2D eigenvalue weighted by atomic mass is 32.2. The van der Waals surface area contributed by atoms with Crippen LogP contribution >= 0.6 is 0 Å². The molecule has 1 aliphatic rings. The highest BCUT2D eigenvalue weighted by Gasteiger charge is 2.34. The lowest BCUT2D eigenvalue weighted by Gasteiger charge is -2.34. The van der Waals surface area contributed by atoms with Gasteiger partial charge in [0.1, 0.15) is 11.6 Å². The molecule has 1 fully saturated rings. The van der Waals surface area contributed by atoms with Crippen molar-refractivity contribution in [2.45, 2.75) is 19.9 Å². The first-order valence-corrected chi connectivity index (χ1v) is 10.2. The van der Waals surface area contributed by atoms with Gasteiger partial charge in [-0.25, -0.2) is 8.78 Å². The standard InChI is InChI=1S/C19H21F2N3O3S/c1-14-3-8-17(11-18(14)21)22-19(25)13-24-10-2-9-23(28(24,26)27)12-15-4-6-16(20)7-5-15/h3-8,11H,2,9-10,12-13H2,1H3,(H,22,25). The van der Waals surface area contributed by atoms with Crippen LogP contribution in [0.3, 0.4) is 0 Å². The molecule has 1 aliphatic heterocycles. The van der Waals surface area contributed by atoms with Gasteiger partial charge in [0.05, 0.1) is 6.54 Å². The number of amides is 1. The third-order valence-corrected chi connectivity index (χ3v) is 6.44. The SMILES string of the molecule is Cc1ccc(NC(=O)CN2CCCN(Cc3ccc(F)cc3)S2(=O)=O)cc1F. The van der Waals surface area contributed by atoms with Crippen LogP contribution in [0, 0.1) is 18.6 Å².